The van der Waals surface area contributed by atoms with E-state index in [9.17, 15) is 0 Å². The summed E-state index contributed by atoms with van der Waals surface area (Å²) in [4.78, 5) is 0. The van der Waals surface area contributed by atoms with Gasteiger partial charge in [0.2, 0.25) is 0 Å². The number of rotatable bonds is 5. The van der Waals surface area contributed by atoms with Gasteiger partial charge in [-0.25, -0.2) is 0 Å². The van der Waals surface area contributed by atoms with Gasteiger partial charge in [0.25, 0.3) is 0 Å². The van der Waals surface area contributed by atoms with E-state index >= 15 is 0 Å². The number of thioether (sulfide) groups is 1. The van der Waals surface area contributed by atoms with Gasteiger partial charge < -0.3 is 0 Å². The molecule has 2 rings (SSSR count). The van der Waals surface area contributed by atoms with Gasteiger partial charge >= 0.3 is 0 Å². The minimum atomic E-state index is 0.534. The van der Waals surface area contributed by atoms with Crippen LogP contribution in [0.25, 0.3) is 0 Å². The van der Waals surface area contributed by atoms with Crippen LogP contribution in [0, 0.1) is 6.92 Å². The van der Waals surface area contributed by atoms with Crippen LogP contribution < -0.4 is 0 Å². The van der Waals surface area contributed by atoms with Crippen LogP contribution in [0.5, 0.6) is 0 Å². The van der Waals surface area contributed by atoms with E-state index in [0.717, 1.165) is 16.8 Å². The van der Waals surface area contributed by atoms with Crippen LogP contribution in [0.3, 0.4) is 0 Å². The summed E-state index contributed by atoms with van der Waals surface area (Å²) in [5.41, 5.74) is 2.47. The summed E-state index contributed by atoms with van der Waals surface area (Å²) in [7, 11) is 2.00. The molecule has 0 fully saturated rings. The Morgan fingerprint density at radius 3 is 2.61 bits per heavy atom. The van der Waals surface area contributed by atoms with Crippen molar-refractivity contribution < 1.29 is 0 Å². The third-order valence-electron chi connectivity index (χ3n) is 2.85. The minimum Gasteiger partial charge on any atom is -0.262 e. The second-order valence-corrected chi connectivity index (χ2v) is 6.01. The van der Waals surface area contributed by atoms with Gasteiger partial charge in [0, 0.05) is 24.0 Å². The first-order valence-electron chi connectivity index (χ1n) is 5.95. The maximum Gasteiger partial charge on any atom is 0.0939 e. The van der Waals surface area contributed by atoms with Crippen LogP contribution in [0.15, 0.2) is 41.4 Å². The molecule has 2 aromatic rings. The highest BCUT2D eigenvalue weighted by Crippen LogP contribution is 2.27. The molecular formula is C14H17BrN2S. The van der Waals surface area contributed by atoms with Gasteiger partial charge in [-0.2, -0.15) is 5.10 Å². The molecule has 96 valence electrons. The number of alkyl halides is 1. The van der Waals surface area contributed by atoms with Gasteiger partial charge in [-0.05, 0) is 18.6 Å². The van der Waals surface area contributed by atoms with Crippen LogP contribution in [0.2, 0.25) is 0 Å². The average Bonchev–Trinajstić information content (AvgIpc) is 2.70. The molecule has 1 aromatic heterocycles. The summed E-state index contributed by atoms with van der Waals surface area (Å²) in [6, 6.07) is 12.8. The lowest BCUT2D eigenvalue weighted by Crippen LogP contribution is -2.04. The second-order valence-electron chi connectivity index (χ2n) is 4.32. The van der Waals surface area contributed by atoms with E-state index in [4.69, 9.17) is 0 Å². The number of halogens is 1. The second kappa shape index (κ2) is 6.43. The summed E-state index contributed by atoms with van der Waals surface area (Å²) >= 11 is 5.48. The van der Waals surface area contributed by atoms with Crippen molar-refractivity contribution in [2.24, 2.45) is 7.05 Å². The minimum absolute atomic E-state index is 0.534. The number of aryl methyl sites for hydroxylation is 2. The molecule has 0 amide bonds. The zero-order valence-electron chi connectivity index (χ0n) is 10.6. The molecule has 0 aliphatic rings. The SMILES string of the molecule is Cc1cc(SCC(CBr)c2ccccc2)n(C)n1. The topological polar surface area (TPSA) is 17.8 Å². The van der Waals surface area contributed by atoms with Crippen LogP contribution in [0.1, 0.15) is 17.2 Å². The van der Waals surface area contributed by atoms with Gasteiger partial charge in [-0.1, -0.05) is 46.3 Å². The van der Waals surface area contributed by atoms with Crippen molar-refractivity contribution in [3.63, 3.8) is 0 Å². The molecule has 0 N–H and O–H groups in total. The predicted molar refractivity (Wildman–Crippen MR) is 81.6 cm³/mol. The lowest BCUT2D eigenvalue weighted by Gasteiger charge is -2.13. The maximum atomic E-state index is 4.37. The highest BCUT2D eigenvalue weighted by Gasteiger charge is 2.12. The molecule has 4 heteroatoms. The van der Waals surface area contributed by atoms with E-state index in [2.05, 4.69) is 57.4 Å². The summed E-state index contributed by atoms with van der Waals surface area (Å²) < 4.78 is 1.95. The highest BCUT2D eigenvalue weighted by molar-refractivity contribution is 9.09. The monoisotopic (exact) mass is 324 g/mol. The molecule has 0 aliphatic heterocycles. The lowest BCUT2D eigenvalue weighted by atomic mass is 10.0. The van der Waals surface area contributed by atoms with Crippen LogP contribution >= 0.6 is 27.7 Å². The van der Waals surface area contributed by atoms with Gasteiger partial charge in [0.1, 0.15) is 0 Å². The first-order valence-corrected chi connectivity index (χ1v) is 8.05. The van der Waals surface area contributed by atoms with Gasteiger partial charge in [0.05, 0.1) is 10.7 Å². The Balaban J connectivity index is 2.02. The Kier molecular flexibility index (Phi) is 4.89. The Morgan fingerprint density at radius 2 is 2.06 bits per heavy atom. The van der Waals surface area contributed by atoms with Crippen molar-refractivity contribution in [3.05, 3.63) is 47.7 Å². The van der Waals surface area contributed by atoms with E-state index in [1.54, 1.807) is 0 Å². The van der Waals surface area contributed by atoms with Crippen molar-refractivity contribution in [1.29, 1.82) is 0 Å². The van der Waals surface area contributed by atoms with Crippen molar-refractivity contribution >= 4 is 27.7 Å². The number of hydrogen-bond acceptors (Lipinski definition) is 2. The number of nitrogens with zero attached hydrogens (tertiary/aromatic N) is 2. The molecule has 1 heterocycles. The van der Waals surface area contributed by atoms with Crippen LogP contribution in [-0.2, 0) is 7.05 Å². The Hall–Kier alpha value is -0.740. The molecule has 1 unspecified atom stereocenters. The Bertz CT molecular complexity index is 496. The molecule has 1 atom stereocenters. The fourth-order valence-corrected chi connectivity index (χ4v) is 3.93. The van der Waals surface area contributed by atoms with Gasteiger partial charge in [-0.3, -0.25) is 4.68 Å². The molecule has 0 radical (unpaired) electrons. The largest absolute Gasteiger partial charge is 0.262 e. The Morgan fingerprint density at radius 1 is 1.33 bits per heavy atom. The fourth-order valence-electron chi connectivity index (χ4n) is 1.86. The summed E-state index contributed by atoms with van der Waals surface area (Å²) in [6.07, 6.45) is 0. The smallest absolute Gasteiger partial charge is 0.0939 e. The lowest BCUT2D eigenvalue weighted by molar-refractivity contribution is 0.691. The number of hydrogen-bond donors (Lipinski definition) is 0. The molecule has 0 aliphatic carbocycles. The van der Waals surface area contributed by atoms with E-state index in [0.29, 0.717) is 5.92 Å². The zero-order chi connectivity index (χ0) is 13.0. The van der Waals surface area contributed by atoms with E-state index in [1.807, 2.05) is 30.4 Å². The zero-order valence-corrected chi connectivity index (χ0v) is 13.0. The standard InChI is InChI=1S/C14H17BrN2S/c1-11-8-14(17(2)16-11)18-10-13(9-15)12-6-4-3-5-7-12/h3-8,13H,9-10H2,1-2H3. The maximum absolute atomic E-state index is 4.37. The summed E-state index contributed by atoms with van der Waals surface area (Å²) in [6.45, 7) is 2.03. The summed E-state index contributed by atoms with van der Waals surface area (Å²) in [5, 5.41) is 6.59. The fraction of sp³-hybridized carbons (Fsp3) is 0.357. The first kappa shape index (κ1) is 13.7. The third-order valence-corrected chi connectivity index (χ3v) is 4.88. The molecule has 18 heavy (non-hydrogen) atoms. The van der Waals surface area contributed by atoms with Gasteiger partial charge in [-0.15, -0.1) is 11.8 Å². The quantitative estimate of drug-likeness (QED) is 0.611. The van der Waals surface area contributed by atoms with E-state index in [1.165, 1.54) is 10.6 Å². The summed E-state index contributed by atoms with van der Waals surface area (Å²) in [5.74, 6) is 1.60. The molecule has 0 saturated heterocycles. The molecule has 0 bridgehead atoms. The molecule has 1 aromatic carbocycles. The first-order chi connectivity index (χ1) is 8.70. The number of aromatic nitrogens is 2. The Labute approximate surface area is 121 Å². The van der Waals surface area contributed by atoms with Crippen molar-refractivity contribution in [1.82, 2.24) is 9.78 Å². The normalized spacial score (nSPS) is 12.6. The molecule has 0 spiro atoms. The van der Waals surface area contributed by atoms with Crippen molar-refractivity contribution in [2.75, 3.05) is 11.1 Å². The molecule has 0 saturated carbocycles. The van der Waals surface area contributed by atoms with Crippen molar-refractivity contribution in [2.45, 2.75) is 17.9 Å². The third kappa shape index (κ3) is 3.39. The van der Waals surface area contributed by atoms with Crippen LogP contribution in [-0.4, -0.2) is 20.9 Å². The van der Waals surface area contributed by atoms with Crippen LogP contribution in [0.4, 0.5) is 0 Å². The number of benzene rings is 1. The molecular weight excluding hydrogens is 308 g/mol. The molecule has 2 nitrogen and oxygen atoms in total. The van der Waals surface area contributed by atoms with E-state index in [-0.39, 0.29) is 0 Å². The van der Waals surface area contributed by atoms with Gasteiger partial charge in [0.15, 0.2) is 0 Å². The highest BCUT2D eigenvalue weighted by atomic mass is 79.9. The van der Waals surface area contributed by atoms with Crippen molar-refractivity contribution in [3.8, 4) is 0 Å². The predicted octanol–water partition coefficient (Wildman–Crippen LogP) is 4.00. The van der Waals surface area contributed by atoms with E-state index < -0.39 is 0 Å². The average molecular weight is 325 g/mol.